The monoisotopic (exact) mass is 917 g/mol. The van der Waals surface area contributed by atoms with Gasteiger partial charge in [-0.05, 0) is 93.3 Å². The number of rotatable bonds is 10. The van der Waals surface area contributed by atoms with Gasteiger partial charge in [0.25, 0.3) is 0 Å². The Morgan fingerprint density at radius 3 is 1.88 bits per heavy atom. The molecular formula is C49H55N15O4. The molecule has 4 aliphatic heterocycles. The number of hydrogen-bond acceptors (Lipinski definition) is 15. The number of amides is 4. The van der Waals surface area contributed by atoms with Gasteiger partial charge in [0.15, 0.2) is 11.6 Å². The van der Waals surface area contributed by atoms with Gasteiger partial charge in [-0.3, -0.25) is 4.98 Å². The SMILES string of the molecule is CCN(C(=O)Nc1ccc(-c2nc3c(c(C4CCOCC4)n2)CCN(c2ncccn2)C3)cc1)N(CC)C(=O)Nc1ccc(-c2nc3c(c(N4CCOCC4)n2)CN(c2cnccn2)CC3)cc1. The molecule has 10 rings (SSSR count). The average molecular weight is 918 g/mol. The Bertz CT molecular complexity index is 2700. The summed E-state index contributed by atoms with van der Waals surface area (Å²) >= 11 is 0. The molecule has 0 aliphatic carbocycles. The van der Waals surface area contributed by atoms with Crippen molar-refractivity contribution in [2.45, 2.75) is 58.5 Å². The first-order valence-electron chi connectivity index (χ1n) is 23.5. The molecule has 0 spiro atoms. The molecule has 4 aliphatic rings. The predicted molar refractivity (Wildman–Crippen MR) is 257 cm³/mol. The summed E-state index contributed by atoms with van der Waals surface area (Å²) in [7, 11) is 0. The Labute approximate surface area is 395 Å². The van der Waals surface area contributed by atoms with Gasteiger partial charge in [-0.15, -0.1) is 0 Å². The van der Waals surface area contributed by atoms with E-state index in [1.807, 2.05) is 68.4 Å². The highest BCUT2D eigenvalue weighted by Crippen LogP contribution is 2.35. The second-order valence-electron chi connectivity index (χ2n) is 17.0. The van der Waals surface area contributed by atoms with E-state index in [4.69, 9.17) is 29.4 Å². The Hall–Kier alpha value is -7.38. The Morgan fingerprint density at radius 1 is 0.632 bits per heavy atom. The van der Waals surface area contributed by atoms with Gasteiger partial charge in [-0.2, -0.15) is 0 Å². The van der Waals surface area contributed by atoms with Gasteiger partial charge in [-0.1, -0.05) is 0 Å². The van der Waals surface area contributed by atoms with Gasteiger partial charge in [0, 0.05) is 124 Å². The van der Waals surface area contributed by atoms with Gasteiger partial charge in [0.05, 0.1) is 43.0 Å². The van der Waals surface area contributed by atoms with Gasteiger partial charge in [0.2, 0.25) is 5.95 Å². The van der Waals surface area contributed by atoms with Crippen molar-refractivity contribution in [2.75, 3.05) is 91.0 Å². The largest absolute Gasteiger partial charge is 0.381 e. The number of fused-ring (bicyclic) bond motifs is 2. The molecule has 8 heterocycles. The maximum atomic E-state index is 13.8. The van der Waals surface area contributed by atoms with E-state index in [2.05, 4.69) is 45.3 Å². The molecule has 2 N–H and O–H groups in total. The summed E-state index contributed by atoms with van der Waals surface area (Å²) in [6, 6.07) is 15.9. The first kappa shape index (κ1) is 44.5. The lowest BCUT2D eigenvalue weighted by Crippen LogP contribution is -2.52. The molecule has 0 radical (unpaired) electrons. The highest BCUT2D eigenvalue weighted by molar-refractivity contribution is 5.94. The van der Waals surface area contributed by atoms with Crippen LogP contribution in [0.25, 0.3) is 22.8 Å². The Kier molecular flexibility index (Phi) is 13.2. The van der Waals surface area contributed by atoms with E-state index < -0.39 is 12.1 Å². The molecule has 4 amide bonds. The smallest absolute Gasteiger partial charge is 0.340 e. The molecule has 6 aromatic rings. The zero-order valence-corrected chi connectivity index (χ0v) is 38.4. The summed E-state index contributed by atoms with van der Waals surface area (Å²) in [6.07, 6.45) is 12.1. The van der Waals surface area contributed by atoms with Crippen LogP contribution in [0.15, 0.2) is 85.6 Å². The number of hydrogen-bond donors (Lipinski definition) is 2. The highest BCUT2D eigenvalue weighted by atomic mass is 16.5. The number of anilines is 5. The number of hydrazine groups is 1. The number of nitrogens with zero attached hydrogens (tertiary/aromatic N) is 13. The number of carbonyl (C=O) groups excluding carboxylic acids is 2. The van der Waals surface area contributed by atoms with Crippen molar-refractivity contribution in [2.24, 2.45) is 0 Å². The third kappa shape index (κ3) is 9.57. The van der Waals surface area contributed by atoms with Crippen LogP contribution in [0.5, 0.6) is 0 Å². The normalized spacial score (nSPS) is 16.1. The zero-order chi connectivity index (χ0) is 46.4. The molecule has 2 fully saturated rings. The fourth-order valence-electron chi connectivity index (χ4n) is 9.36. The summed E-state index contributed by atoms with van der Waals surface area (Å²) in [4.78, 5) is 72.6. The van der Waals surface area contributed by atoms with Crippen molar-refractivity contribution >= 4 is 41.0 Å². The number of benzene rings is 2. The van der Waals surface area contributed by atoms with E-state index in [0.717, 1.165) is 97.3 Å². The molecule has 0 unspecified atom stereocenters. The third-order valence-corrected chi connectivity index (χ3v) is 12.9. The standard InChI is InChI=1S/C49H55N15O4/c1-3-63(48(65)54-36-10-6-34(7-11-36)44-57-41-32-62(47-52-18-5-19-53-47)22-14-38(41)43(58-44)33-16-26-67-27-17-33)64(4-2)49(66)55-37-12-8-35(9-13-37)45-56-40-15-23-61(42-30-50-20-21-51-42)31-39(40)46(59-45)60-24-28-68-29-25-60/h5-13,18-21,30,33H,3-4,14-17,22-29,31-32H2,1-2H3,(H,54,65)(H,55,66). The van der Waals surface area contributed by atoms with Crippen LogP contribution in [0.4, 0.5) is 38.5 Å². The summed E-state index contributed by atoms with van der Waals surface area (Å²) < 4.78 is 11.4. The average Bonchev–Trinajstić information content (AvgIpc) is 3.40. The number of aromatic nitrogens is 8. The fourth-order valence-corrected chi connectivity index (χ4v) is 9.36. The van der Waals surface area contributed by atoms with Crippen LogP contribution in [0, 0.1) is 0 Å². The third-order valence-electron chi connectivity index (χ3n) is 12.9. The maximum Gasteiger partial charge on any atom is 0.340 e. The highest BCUT2D eigenvalue weighted by Gasteiger charge is 2.31. The van der Waals surface area contributed by atoms with E-state index in [9.17, 15) is 9.59 Å². The first-order chi connectivity index (χ1) is 33.4. The van der Waals surface area contributed by atoms with Crippen LogP contribution in [0.3, 0.4) is 0 Å². The van der Waals surface area contributed by atoms with Gasteiger partial charge < -0.3 is 34.8 Å². The van der Waals surface area contributed by atoms with Crippen molar-refractivity contribution in [3.63, 3.8) is 0 Å². The minimum Gasteiger partial charge on any atom is -0.381 e. The number of urea groups is 2. The topological polar surface area (TPSA) is 196 Å². The van der Waals surface area contributed by atoms with Crippen molar-refractivity contribution in [1.82, 2.24) is 49.9 Å². The molecule has 19 heteroatoms. The van der Waals surface area contributed by atoms with E-state index in [-0.39, 0.29) is 13.1 Å². The zero-order valence-electron chi connectivity index (χ0n) is 38.4. The van der Waals surface area contributed by atoms with Crippen LogP contribution in [-0.2, 0) is 35.4 Å². The molecule has 0 bridgehead atoms. The Morgan fingerprint density at radius 2 is 1.25 bits per heavy atom. The first-order valence-corrected chi connectivity index (χ1v) is 23.5. The van der Waals surface area contributed by atoms with Crippen molar-refractivity contribution < 1.29 is 19.1 Å². The summed E-state index contributed by atoms with van der Waals surface area (Å²) in [5, 5.41) is 8.76. The van der Waals surface area contributed by atoms with Crippen LogP contribution in [-0.4, -0.2) is 128 Å². The predicted octanol–water partition coefficient (Wildman–Crippen LogP) is 6.36. The van der Waals surface area contributed by atoms with Crippen LogP contribution < -0.4 is 25.3 Å². The quantitative estimate of drug-likeness (QED) is 0.144. The lowest BCUT2D eigenvalue weighted by molar-refractivity contribution is 0.0679. The van der Waals surface area contributed by atoms with Crippen molar-refractivity contribution in [3.05, 3.63) is 114 Å². The molecule has 4 aromatic heterocycles. The van der Waals surface area contributed by atoms with E-state index >= 15 is 0 Å². The van der Waals surface area contributed by atoms with Crippen LogP contribution in [0.1, 0.15) is 60.8 Å². The summed E-state index contributed by atoms with van der Waals surface area (Å²) in [6.45, 7) is 11.1. The van der Waals surface area contributed by atoms with Gasteiger partial charge >= 0.3 is 12.1 Å². The van der Waals surface area contributed by atoms with Gasteiger partial charge in [-0.25, -0.2) is 54.5 Å². The van der Waals surface area contributed by atoms with Gasteiger partial charge in [0.1, 0.15) is 11.6 Å². The second-order valence-corrected chi connectivity index (χ2v) is 17.0. The number of morpholine rings is 1. The minimum atomic E-state index is -0.442. The van der Waals surface area contributed by atoms with E-state index in [1.165, 1.54) is 15.6 Å². The van der Waals surface area contributed by atoms with Crippen LogP contribution in [0.2, 0.25) is 0 Å². The lowest BCUT2D eigenvalue weighted by atomic mass is 9.89. The molecule has 2 aromatic carbocycles. The maximum absolute atomic E-state index is 13.8. The second kappa shape index (κ2) is 20.2. The molecule has 0 saturated carbocycles. The van der Waals surface area contributed by atoms with Crippen molar-refractivity contribution in [3.8, 4) is 22.8 Å². The molecular weight excluding hydrogens is 863 g/mol. The van der Waals surface area contributed by atoms with Crippen molar-refractivity contribution in [1.29, 1.82) is 0 Å². The summed E-state index contributed by atoms with van der Waals surface area (Å²) in [5.74, 6) is 3.97. The Balaban J connectivity index is 0.812. The van der Waals surface area contributed by atoms with E-state index in [0.29, 0.717) is 74.4 Å². The fraction of sp³-hybridized carbons (Fsp3) is 0.388. The molecule has 2 saturated heterocycles. The number of carbonyl (C=O) groups is 2. The number of nitrogens with one attached hydrogen (secondary N) is 2. The minimum absolute atomic E-state index is 0.255. The molecule has 19 nitrogen and oxygen atoms in total. The lowest BCUT2D eigenvalue weighted by Gasteiger charge is -2.35. The summed E-state index contributed by atoms with van der Waals surface area (Å²) in [5.41, 5.74) is 8.19. The molecule has 350 valence electrons. The molecule has 0 atom stereocenters. The van der Waals surface area contributed by atoms with E-state index in [1.54, 1.807) is 31.0 Å². The van der Waals surface area contributed by atoms with Crippen LogP contribution >= 0.6 is 0 Å². The molecule has 68 heavy (non-hydrogen) atoms. The number of ether oxygens (including phenoxy) is 2.